The second-order valence-corrected chi connectivity index (χ2v) is 4.86. The Morgan fingerprint density at radius 2 is 1.79 bits per heavy atom. The smallest absolute Gasteiger partial charge is 0.138 e. The highest BCUT2D eigenvalue weighted by Gasteiger charge is 2.10. The lowest BCUT2D eigenvalue weighted by molar-refractivity contribution is 0.415. The maximum atomic E-state index is 6.14. The molecule has 3 rings (SSSR count). The first-order valence-corrected chi connectivity index (χ1v) is 6.43. The van der Waals surface area contributed by atoms with Crippen LogP contribution in [0.25, 0.3) is 22.4 Å². The number of methoxy groups -OCH3 is 1. The van der Waals surface area contributed by atoms with E-state index < -0.39 is 0 Å². The van der Waals surface area contributed by atoms with E-state index in [1.165, 1.54) is 0 Å². The van der Waals surface area contributed by atoms with Crippen molar-refractivity contribution in [3.8, 4) is 17.1 Å². The first kappa shape index (κ1) is 12.3. The van der Waals surface area contributed by atoms with E-state index in [1.54, 1.807) is 13.2 Å². The number of halogens is 2. The van der Waals surface area contributed by atoms with Gasteiger partial charge in [0.1, 0.15) is 17.1 Å². The Morgan fingerprint density at radius 1 is 1.05 bits per heavy atom. The van der Waals surface area contributed by atoms with Crippen LogP contribution in [0.5, 0.6) is 5.75 Å². The Balaban J connectivity index is 2.12. The molecule has 3 aromatic rings. The normalized spacial score (nSPS) is 10.9. The van der Waals surface area contributed by atoms with Crippen LogP contribution < -0.4 is 4.74 Å². The zero-order valence-electron chi connectivity index (χ0n) is 10.1. The van der Waals surface area contributed by atoms with Crippen molar-refractivity contribution in [2.75, 3.05) is 7.11 Å². The molecule has 0 fully saturated rings. The van der Waals surface area contributed by atoms with Gasteiger partial charge in [-0.25, -0.2) is 4.98 Å². The summed E-state index contributed by atoms with van der Waals surface area (Å²) in [5, 5.41) is 0.970. The minimum atomic E-state index is 0.468. The molecule has 0 aliphatic heterocycles. The Labute approximate surface area is 120 Å². The van der Waals surface area contributed by atoms with E-state index >= 15 is 0 Å². The molecule has 0 saturated heterocycles. The fraction of sp³-hybridized carbons (Fsp3) is 0.0714. The van der Waals surface area contributed by atoms with Crippen LogP contribution in [0.4, 0.5) is 0 Å². The molecular formula is C14H10Cl2N2O. The minimum Gasteiger partial charge on any atom is -0.497 e. The number of hydrogen-bond donors (Lipinski definition) is 1. The van der Waals surface area contributed by atoms with E-state index in [-0.39, 0.29) is 0 Å². The molecule has 1 aromatic heterocycles. The number of nitrogens with zero attached hydrogens (tertiary/aromatic N) is 1. The molecule has 0 amide bonds. The van der Waals surface area contributed by atoms with Crippen LogP contribution in [0, 0.1) is 0 Å². The van der Waals surface area contributed by atoms with Crippen molar-refractivity contribution in [2.45, 2.75) is 0 Å². The highest BCUT2D eigenvalue weighted by atomic mass is 35.5. The molecule has 0 aliphatic rings. The number of imidazole rings is 1. The van der Waals surface area contributed by atoms with E-state index in [0.29, 0.717) is 15.6 Å². The summed E-state index contributed by atoms with van der Waals surface area (Å²) in [4.78, 5) is 7.71. The van der Waals surface area contributed by atoms with Gasteiger partial charge in [0.25, 0.3) is 0 Å². The molecule has 1 N–H and O–H groups in total. The Kier molecular flexibility index (Phi) is 3.09. The Hall–Kier alpha value is -1.71. The Morgan fingerprint density at radius 3 is 2.47 bits per heavy atom. The van der Waals surface area contributed by atoms with Crippen LogP contribution in [0.2, 0.25) is 10.0 Å². The number of hydrogen-bond acceptors (Lipinski definition) is 2. The monoisotopic (exact) mass is 292 g/mol. The molecular weight excluding hydrogens is 283 g/mol. The summed E-state index contributed by atoms with van der Waals surface area (Å²) in [6, 6.07) is 11.3. The van der Waals surface area contributed by atoms with Crippen molar-refractivity contribution in [3.05, 3.63) is 46.4 Å². The molecule has 0 aliphatic carbocycles. The SMILES string of the molecule is COc1ccc(-c2nc3c(Cl)c(Cl)ccc3[nH]2)cc1. The second kappa shape index (κ2) is 4.76. The maximum Gasteiger partial charge on any atom is 0.138 e. The lowest BCUT2D eigenvalue weighted by Crippen LogP contribution is -1.83. The van der Waals surface area contributed by atoms with Gasteiger partial charge in [-0.1, -0.05) is 23.2 Å². The van der Waals surface area contributed by atoms with Gasteiger partial charge in [-0.05, 0) is 36.4 Å². The molecule has 0 saturated carbocycles. The quantitative estimate of drug-likeness (QED) is 0.753. The number of nitrogens with one attached hydrogen (secondary N) is 1. The van der Waals surface area contributed by atoms with E-state index in [4.69, 9.17) is 27.9 Å². The number of aromatic nitrogens is 2. The number of ether oxygens (including phenoxy) is 1. The van der Waals surface area contributed by atoms with Gasteiger partial charge in [0.2, 0.25) is 0 Å². The summed E-state index contributed by atoms with van der Waals surface area (Å²) in [7, 11) is 1.64. The third-order valence-corrected chi connectivity index (χ3v) is 3.70. The molecule has 0 radical (unpaired) electrons. The molecule has 2 aromatic carbocycles. The summed E-state index contributed by atoms with van der Waals surface area (Å²) in [6.45, 7) is 0. The molecule has 19 heavy (non-hydrogen) atoms. The van der Waals surface area contributed by atoms with Gasteiger partial charge in [0.05, 0.1) is 22.7 Å². The maximum absolute atomic E-state index is 6.14. The predicted molar refractivity (Wildman–Crippen MR) is 78.1 cm³/mol. The average molecular weight is 293 g/mol. The van der Waals surface area contributed by atoms with Crippen LogP contribution in [0.3, 0.4) is 0 Å². The number of aromatic amines is 1. The third-order valence-electron chi connectivity index (χ3n) is 2.91. The first-order chi connectivity index (χ1) is 9.19. The van der Waals surface area contributed by atoms with Crippen molar-refractivity contribution in [1.82, 2.24) is 9.97 Å². The Bertz CT molecular complexity index is 735. The van der Waals surface area contributed by atoms with E-state index in [2.05, 4.69) is 9.97 Å². The van der Waals surface area contributed by atoms with Crippen LogP contribution in [-0.4, -0.2) is 17.1 Å². The van der Waals surface area contributed by atoms with Gasteiger partial charge in [-0.2, -0.15) is 0 Å². The number of rotatable bonds is 2. The van der Waals surface area contributed by atoms with Crippen molar-refractivity contribution < 1.29 is 4.74 Å². The zero-order valence-corrected chi connectivity index (χ0v) is 11.6. The van der Waals surface area contributed by atoms with Crippen molar-refractivity contribution in [2.24, 2.45) is 0 Å². The molecule has 0 unspecified atom stereocenters. The van der Waals surface area contributed by atoms with Gasteiger partial charge in [-0.3, -0.25) is 0 Å². The number of H-pyrrole nitrogens is 1. The topological polar surface area (TPSA) is 37.9 Å². The fourth-order valence-electron chi connectivity index (χ4n) is 1.90. The largest absolute Gasteiger partial charge is 0.497 e. The first-order valence-electron chi connectivity index (χ1n) is 5.67. The molecule has 3 nitrogen and oxygen atoms in total. The summed E-state index contributed by atoms with van der Waals surface area (Å²) < 4.78 is 5.13. The van der Waals surface area contributed by atoms with E-state index in [9.17, 15) is 0 Å². The van der Waals surface area contributed by atoms with Crippen LogP contribution >= 0.6 is 23.2 Å². The highest BCUT2D eigenvalue weighted by molar-refractivity contribution is 6.44. The third kappa shape index (κ3) is 2.15. The lowest BCUT2D eigenvalue weighted by atomic mass is 10.2. The summed E-state index contributed by atoms with van der Waals surface area (Å²) in [5.41, 5.74) is 2.50. The van der Waals surface area contributed by atoms with Crippen molar-refractivity contribution >= 4 is 34.2 Å². The summed E-state index contributed by atoms with van der Waals surface area (Å²) >= 11 is 12.1. The van der Waals surface area contributed by atoms with Gasteiger partial charge >= 0.3 is 0 Å². The zero-order chi connectivity index (χ0) is 13.4. The van der Waals surface area contributed by atoms with Crippen LogP contribution in [0.1, 0.15) is 0 Å². The predicted octanol–water partition coefficient (Wildman–Crippen LogP) is 4.55. The van der Waals surface area contributed by atoms with Gasteiger partial charge in [0.15, 0.2) is 0 Å². The van der Waals surface area contributed by atoms with Crippen molar-refractivity contribution in [1.29, 1.82) is 0 Å². The molecule has 0 atom stereocenters. The average Bonchev–Trinajstić information content (AvgIpc) is 2.88. The van der Waals surface area contributed by atoms with Gasteiger partial charge < -0.3 is 9.72 Å². The van der Waals surface area contributed by atoms with Gasteiger partial charge in [-0.15, -0.1) is 0 Å². The summed E-state index contributed by atoms with van der Waals surface area (Å²) in [5.74, 6) is 1.56. The molecule has 0 spiro atoms. The van der Waals surface area contributed by atoms with E-state index in [1.807, 2.05) is 30.3 Å². The number of fused-ring (bicyclic) bond motifs is 1. The lowest BCUT2D eigenvalue weighted by Gasteiger charge is -2.00. The van der Waals surface area contributed by atoms with Crippen molar-refractivity contribution in [3.63, 3.8) is 0 Å². The van der Waals surface area contributed by atoms with Gasteiger partial charge in [0, 0.05) is 5.56 Å². The standard InChI is InChI=1S/C14H10Cl2N2O/c1-19-9-4-2-8(3-5-9)14-17-11-7-6-10(15)12(16)13(11)18-14/h2-7H,1H3,(H,17,18). The molecule has 5 heteroatoms. The second-order valence-electron chi connectivity index (χ2n) is 4.07. The minimum absolute atomic E-state index is 0.468. The highest BCUT2D eigenvalue weighted by Crippen LogP contribution is 2.31. The van der Waals surface area contributed by atoms with Crippen LogP contribution in [-0.2, 0) is 0 Å². The summed E-state index contributed by atoms with van der Waals surface area (Å²) in [6.07, 6.45) is 0. The molecule has 0 bridgehead atoms. The number of benzene rings is 2. The molecule has 96 valence electrons. The van der Waals surface area contributed by atoms with Crippen LogP contribution in [0.15, 0.2) is 36.4 Å². The van der Waals surface area contributed by atoms with E-state index in [0.717, 1.165) is 22.7 Å². The molecule has 1 heterocycles. The fourth-order valence-corrected chi connectivity index (χ4v) is 2.26.